The fourth-order valence-electron chi connectivity index (χ4n) is 5.46. The third-order valence-corrected chi connectivity index (χ3v) is 7.83. The molecule has 1 aliphatic heterocycles. The summed E-state index contributed by atoms with van der Waals surface area (Å²) >= 11 is 0. The van der Waals surface area contributed by atoms with Gasteiger partial charge in [0.1, 0.15) is 29.9 Å². The summed E-state index contributed by atoms with van der Waals surface area (Å²) in [6.45, 7) is 1.99. The second kappa shape index (κ2) is 13.6. The predicted molar refractivity (Wildman–Crippen MR) is 161 cm³/mol. The van der Waals surface area contributed by atoms with Crippen molar-refractivity contribution in [2.24, 2.45) is 5.73 Å². The van der Waals surface area contributed by atoms with Crippen molar-refractivity contribution >= 4 is 28.6 Å². The van der Waals surface area contributed by atoms with E-state index in [-0.39, 0.29) is 12.8 Å². The topological polar surface area (TPSA) is 180 Å². The number of hydrogen-bond acceptors (Lipinski definition) is 7. The molecule has 2 aromatic carbocycles. The Morgan fingerprint density at radius 1 is 0.907 bits per heavy atom. The monoisotopic (exact) mass is 586 g/mol. The summed E-state index contributed by atoms with van der Waals surface area (Å²) in [6, 6.07) is 13.5. The van der Waals surface area contributed by atoms with Crippen molar-refractivity contribution in [2.45, 2.75) is 69.3 Å². The van der Waals surface area contributed by atoms with Crippen LogP contribution in [-0.2, 0) is 27.2 Å². The van der Waals surface area contributed by atoms with Crippen LogP contribution in [0, 0.1) is 0 Å². The van der Waals surface area contributed by atoms with Crippen LogP contribution in [0.4, 0.5) is 0 Å². The van der Waals surface area contributed by atoms with Gasteiger partial charge in [0.15, 0.2) is 0 Å². The van der Waals surface area contributed by atoms with Crippen LogP contribution in [0.25, 0.3) is 10.9 Å². The zero-order valence-corrected chi connectivity index (χ0v) is 24.1. The maximum atomic E-state index is 14.0. The first-order valence-corrected chi connectivity index (χ1v) is 14.6. The number of carbonyl (C=O) groups excluding carboxylic acids is 3. The van der Waals surface area contributed by atoms with E-state index in [0.29, 0.717) is 31.5 Å². The van der Waals surface area contributed by atoms with Gasteiger partial charge in [-0.05, 0) is 49.9 Å². The molecular weight excluding hydrogens is 548 g/mol. The molecule has 0 spiro atoms. The van der Waals surface area contributed by atoms with Gasteiger partial charge >= 0.3 is 0 Å². The molecule has 0 aliphatic carbocycles. The summed E-state index contributed by atoms with van der Waals surface area (Å²) in [7, 11) is 0. The lowest BCUT2D eigenvalue weighted by Crippen LogP contribution is -2.55. The average molecular weight is 587 g/mol. The van der Waals surface area contributed by atoms with Crippen molar-refractivity contribution in [2.75, 3.05) is 6.54 Å². The van der Waals surface area contributed by atoms with Crippen molar-refractivity contribution in [1.82, 2.24) is 35.9 Å². The number of hydrogen-bond donors (Lipinski definition) is 6. The number of fused-ring (bicyclic) bond motifs is 3. The SMILES string of the molecule is C[C@@H](O)[C@@H]1NC(=O)[C@@H](CCCCN)NC(=O)[C@H](Cc2c[nH]c3ccccc23)NC(=O)[C@H](Cc2ccccc2)n2cc1nn2. The summed E-state index contributed by atoms with van der Waals surface area (Å²) in [5.41, 5.74) is 8.64. The second-order valence-electron chi connectivity index (χ2n) is 11.0. The third kappa shape index (κ3) is 7.09. The Balaban J connectivity index is 1.54. The Morgan fingerprint density at radius 3 is 2.40 bits per heavy atom. The van der Waals surface area contributed by atoms with Gasteiger partial charge in [0.2, 0.25) is 17.7 Å². The molecule has 0 radical (unpaired) electrons. The van der Waals surface area contributed by atoms with Crippen LogP contribution in [0.5, 0.6) is 0 Å². The number of aromatic nitrogens is 4. The largest absolute Gasteiger partial charge is 0.391 e. The molecule has 3 amide bonds. The molecule has 3 heterocycles. The Labute approximate surface area is 249 Å². The molecule has 226 valence electrons. The zero-order chi connectivity index (χ0) is 30.3. The predicted octanol–water partition coefficient (Wildman–Crippen LogP) is 1.44. The van der Waals surface area contributed by atoms with E-state index in [1.54, 1.807) is 6.20 Å². The van der Waals surface area contributed by atoms with E-state index in [9.17, 15) is 19.5 Å². The highest BCUT2D eigenvalue weighted by Gasteiger charge is 2.34. The van der Waals surface area contributed by atoms with Crippen molar-refractivity contribution < 1.29 is 19.5 Å². The first-order valence-electron chi connectivity index (χ1n) is 14.6. The molecular formula is C31H38N8O4. The maximum Gasteiger partial charge on any atom is 0.245 e. The number of amides is 3. The van der Waals surface area contributed by atoms with Gasteiger partial charge in [-0.25, -0.2) is 4.68 Å². The minimum Gasteiger partial charge on any atom is -0.391 e. The normalized spacial score (nSPS) is 22.1. The molecule has 4 aromatic rings. The van der Waals surface area contributed by atoms with E-state index in [2.05, 4.69) is 31.2 Å². The number of nitrogens with zero attached hydrogens (tertiary/aromatic N) is 3. The second-order valence-corrected chi connectivity index (χ2v) is 11.0. The Hall–Kier alpha value is -4.55. The highest BCUT2D eigenvalue weighted by molar-refractivity contribution is 5.94. The van der Waals surface area contributed by atoms with Gasteiger partial charge in [-0.2, -0.15) is 0 Å². The summed E-state index contributed by atoms with van der Waals surface area (Å²) < 4.78 is 1.43. The van der Waals surface area contributed by atoms with Crippen LogP contribution in [0.15, 0.2) is 67.0 Å². The number of benzene rings is 2. The third-order valence-electron chi connectivity index (χ3n) is 7.83. The van der Waals surface area contributed by atoms with Crippen LogP contribution < -0.4 is 21.7 Å². The first kappa shape index (κ1) is 29.9. The van der Waals surface area contributed by atoms with Crippen LogP contribution in [0.2, 0.25) is 0 Å². The molecule has 2 aromatic heterocycles. The Bertz CT molecular complexity index is 1550. The number of unbranched alkanes of at least 4 members (excludes halogenated alkanes) is 1. The number of aliphatic hydroxyl groups excluding tert-OH is 1. The molecule has 2 bridgehead atoms. The molecule has 1 aliphatic rings. The van der Waals surface area contributed by atoms with Crippen LogP contribution in [0.3, 0.4) is 0 Å². The van der Waals surface area contributed by atoms with Crippen LogP contribution in [0.1, 0.15) is 55.1 Å². The summed E-state index contributed by atoms with van der Waals surface area (Å²) in [4.78, 5) is 44.7. The lowest BCUT2D eigenvalue weighted by Gasteiger charge is -2.26. The summed E-state index contributed by atoms with van der Waals surface area (Å²) in [6.07, 6.45) is 4.45. The van der Waals surface area contributed by atoms with E-state index >= 15 is 0 Å². The van der Waals surface area contributed by atoms with Crippen molar-refractivity contribution in [1.29, 1.82) is 0 Å². The number of carbonyl (C=O) groups is 3. The van der Waals surface area contributed by atoms with Gasteiger partial charge in [-0.3, -0.25) is 14.4 Å². The van der Waals surface area contributed by atoms with Crippen molar-refractivity contribution in [3.63, 3.8) is 0 Å². The lowest BCUT2D eigenvalue weighted by atomic mass is 10.0. The zero-order valence-electron chi connectivity index (χ0n) is 24.1. The number of H-pyrrole nitrogens is 1. The van der Waals surface area contributed by atoms with E-state index in [1.807, 2.05) is 60.8 Å². The summed E-state index contributed by atoms with van der Waals surface area (Å²) in [5.74, 6) is -1.38. The van der Waals surface area contributed by atoms with Crippen molar-refractivity contribution in [3.05, 3.63) is 83.8 Å². The van der Waals surface area contributed by atoms with Gasteiger partial charge < -0.3 is 31.8 Å². The molecule has 0 saturated heterocycles. The van der Waals surface area contributed by atoms with Crippen LogP contribution >= 0.6 is 0 Å². The highest BCUT2D eigenvalue weighted by Crippen LogP contribution is 2.22. The minimum absolute atomic E-state index is 0.190. The molecule has 5 rings (SSSR count). The van der Waals surface area contributed by atoms with Gasteiger partial charge in [0, 0.05) is 29.9 Å². The molecule has 7 N–H and O–H groups in total. The highest BCUT2D eigenvalue weighted by atomic mass is 16.3. The molecule has 0 unspecified atom stereocenters. The molecule has 12 heteroatoms. The Kier molecular flexibility index (Phi) is 9.48. The quantitative estimate of drug-likeness (QED) is 0.161. The van der Waals surface area contributed by atoms with E-state index < -0.39 is 48.0 Å². The fraction of sp³-hybridized carbons (Fsp3) is 0.387. The molecule has 12 nitrogen and oxygen atoms in total. The number of aromatic amines is 1. The smallest absolute Gasteiger partial charge is 0.245 e. The molecule has 43 heavy (non-hydrogen) atoms. The standard InChI is InChI=1S/C31H38N8O4/c1-19(40)28-26-18-39(38-37-26)27(15-20-9-3-2-4-10-20)31(43)35-25(16-21-17-33-23-12-6-5-11-22(21)23)30(42)34-24(29(41)36-28)13-7-8-14-32/h2-6,9-12,17-19,24-25,27-28,33,40H,7-8,13-16,32H2,1H3,(H,34,42)(H,35,43)(H,36,41)/t19-,24-,25+,27+,28+/m1/s1. The van der Waals surface area contributed by atoms with Crippen molar-refractivity contribution in [3.8, 4) is 0 Å². The van der Waals surface area contributed by atoms with E-state index in [1.165, 1.54) is 11.6 Å². The number of nitrogens with two attached hydrogens (primary N) is 1. The summed E-state index contributed by atoms with van der Waals surface area (Å²) in [5, 5.41) is 28.7. The molecule has 5 atom stereocenters. The van der Waals surface area contributed by atoms with Gasteiger partial charge in [0.05, 0.1) is 12.3 Å². The first-order chi connectivity index (χ1) is 20.8. The Morgan fingerprint density at radius 2 is 1.63 bits per heavy atom. The number of rotatable bonds is 9. The van der Waals surface area contributed by atoms with E-state index in [0.717, 1.165) is 22.0 Å². The lowest BCUT2D eigenvalue weighted by molar-refractivity contribution is -0.133. The maximum absolute atomic E-state index is 14.0. The minimum atomic E-state index is -1.02. The average Bonchev–Trinajstić information content (AvgIpc) is 3.65. The van der Waals surface area contributed by atoms with Crippen LogP contribution in [-0.4, -0.2) is 67.5 Å². The fourth-order valence-corrected chi connectivity index (χ4v) is 5.46. The van der Waals surface area contributed by atoms with Gasteiger partial charge in [-0.1, -0.05) is 53.7 Å². The van der Waals surface area contributed by atoms with Gasteiger partial charge in [0.25, 0.3) is 0 Å². The molecule has 0 fully saturated rings. The number of para-hydroxylation sites is 1. The van der Waals surface area contributed by atoms with Gasteiger partial charge in [-0.15, -0.1) is 5.10 Å². The number of nitrogens with one attached hydrogen (secondary N) is 4. The van der Waals surface area contributed by atoms with E-state index in [4.69, 9.17) is 5.73 Å². The number of aliphatic hydroxyl groups is 1. The molecule has 0 saturated carbocycles.